The summed E-state index contributed by atoms with van der Waals surface area (Å²) in [5.41, 5.74) is 7.14. The van der Waals surface area contributed by atoms with Gasteiger partial charge in [-0.25, -0.2) is 5.43 Å². The van der Waals surface area contributed by atoms with Gasteiger partial charge in [0.05, 0.1) is 0 Å². The number of carbonyl (C=O) groups excluding carboxylic acids is 2. The molecule has 1 heterocycles. The van der Waals surface area contributed by atoms with Gasteiger partial charge in [-0.3, -0.25) is 9.59 Å². The monoisotopic (exact) mass is 376 g/mol. The second-order valence-electron chi connectivity index (χ2n) is 7.29. The molecule has 1 aliphatic rings. The number of anilines is 2. The number of hydrogen-bond donors (Lipinski definition) is 2. The van der Waals surface area contributed by atoms with Crippen molar-refractivity contribution < 1.29 is 9.59 Å². The van der Waals surface area contributed by atoms with Crippen molar-refractivity contribution in [1.29, 1.82) is 0 Å². The van der Waals surface area contributed by atoms with Crippen LogP contribution in [0.5, 0.6) is 0 Å². The van der Waals surface area contributed by atoms with Crippen LogP contribution >= 0.6 is 0 Å². The van der Waals surface area contributed by atoms with Crippen LogP contribution in [0.15, 0.2) is 65.4 Å². The van der Waals surface area contributed by atoms with Crippen LogP contribution < -0.4 is 15.6 Å². The summed E-state index contributed by atoms with van der Waals surface area (Å²) >= 11 is 0. The summed E-state index contributed by atoms with van der Waals surface area (Å²) in [4.78, 5) is 25.9. The molecule has 0 bridgehead atoms. The molecule has 0 saturated heterocycles. The third-order valence-corrected chi connectivity index (χ3v) is 4.93. The Morgan fingerprint density at radius 1 is 1.04 bits per heavy atom. The highest BCUT2D eigenvalue weighted by Gasteiger charge is 2.37. The molecule has 0 fully saturated rings. The molecule has 0 atom stereocenters. The Kier molecular flexibility index (Phi) is 5.31. The van der Waals surface area contributed by atoms with E-state index in [-0.39, 0.29) is 5.41 Å². The van der Waals surface area contributed by atoms with Crippen molar-refractivity contribution in [3.8, 4) is 0 Å². The fourth-order valence-electron chi connectivity index (χ4n) is 3.38. The average molecular weight is 376 g/mol. The quantitative estimate of drug-likeness (QED) is 0.490. The van der Waals surface area contributed by atoms with Crippen LogP contribution in [0.4, 0.5) is 11.4 Å². The van der Waals surface area contributed by atoms with Crippen molar-refractivity contribution in [3.63, 3.8) is 0 Å². The first-order valence-corrected chi connectivity index (χ1v) is 9.06. The summed E-state index contributed by atoms with van der Waals surface area (Å²) in [6.45, 7) is 6.23. The summed E-state index contributed by atoms with van der Waals surface area (Å²) in [7, 11) is 2.00. The number of hydrogen-bond acceptors (Lipinski definition) is 4. The van der Waals surface area contributed by atoms with Gasteiger partial charge in [-0.05, 0) is 36.8 Å². The van der Waals surface area contributed by atoms with Crippen molar-refractivity contribution in [2.75, 3.05) is 17.3 Å². The van der Waals surface area contributed by atoms with Crippen LogP contribution in [-0.4, -0.2) is 25.1 Å². The molecule has 0 aromatic heterocycles. The number of rotatable bonds is 3. The zero-order valence-corrected chi connectivity index (χ0v) is 16.5. The van der Waals surface area contributed by atoms with Crippen molar-refractivity contribution in [3.05, 3.63) is 71.4 Å². The number of amides is 2. The molecule has 144 valence electrons. The van der Waals surface area contributed by atoms with E-state index in [1.54, 1.807) is 12.1 Å². The standard InChI is InChI=1S/C22H24N4O2/c1-15-9-11-16(12-10-15)24-20(27)21(28)25-23-14-13-19-22(2,3)17-7-5-6-8-18(17)26(19)4/h5-14H,1-4H3,(H,24,27)(H,25,28)/b19-13+,23-14?. The van der Waals surface area contributed by atoms with Crippen LogP contribution in [0.1, 0.15) is 25.0 Å². The van der Waals surface area contributed by atoms with Crippen molar-refractivity contribution in [2.45, 2.75) is 26.2 Å². The molecule has 0 unspecified atom stereocenters. The lowest BCUT2D eigenvalue weighted by molar-refractivity contribution is -0.136. The summed E-state index contributed by atoms with van der Waals surface area (Å²) in [6, 6.07) is 15.4. The molecule has 6 nitrogen and oxygen atoms in total. The molecule has 2 aromatic carbocycles. The van der Waals surface area contributed by atoms with Gasteiger partial charge in [0.25, 0.3) is 0 Å². The molecule has 28 heavy (non-hydrogen) atoms. The van der Waals surface area contributed by atoms with E-state index in [9.17, 15) is 9.59 Å². The van der Waals surface area contributed by atoms with Gasteiger partial charge in [0, 0.05) is 35.7 Å². The second-order valence-corrected chi connectivity index (χ2v) is 7.29. The van der Waals surface area contributed by atoms with E-state index >= 15 is 0 Å². The third kappa shape index (κ3) is 3.81. The summed E-state index contributed by atoms with van der Waals surface area (Å²) in [5, 5.41) is 6.42. The van der Waals surface area contributed by atoms with E-state index < -0.39 is 11.8 Å². The first-order valence-electron chi connectivity index (χ1n) is 9.06. The third-order valence-electron chi connectivity index (χ3n) is 4.93. The Labute approximate surface area is 164 Å². The lowest BCUT2D eigenvalue weighted by Gasteiger charge is -2.23. The maximum absolute atomic E-state index is 11.9. The van der Waals surface area contributed by atoms with Gasteiger partial charge >= 0.3 is 11.8 Å². The Hall–Kier alpha value is -3.41. The van der Waals surface area contributed by atoms with Gasteiger partial charge in [0.15, 0.2) is 0 Å². The Balaban J connectivity index is 1.62. The predicted octanol–water partition coefficient (Wildman–Crippen LogP) is 3.35. The number of nitrogens with one attached hydrogen (secondary N) is 2. The van der Waals surface area contributed by atoms with Gasteiger partial charge in [0.1, 0.15) is 0 Å². The Bertz CT molecular complexity index is 959. The van der Waals surface area contributed by atoms with E-state index in [2.05, 4.69) is 46.7 Å². The van der Waals surface area contributed by atoms with Crippen molar-refractivity contribution in [1.82, 2.24) is 5.43 Å². The van der Waals surface area contributed by atoms with E-state index in [1.165, 1.54) is 11.8 Å². The van der Waals surface area contributed by atoms with Gasteiger partial charge in [0.2, 0.25) is 0 Å². The van der Waals surface area contributed by atoms with Crippen LogP contribution in [0, 0.1) is 6.92 Å². The van der Waals surface area contributed by atoms with Crippen molar-refractivity contribution in [2.24, 2.45) is 5.10 Å². The molecule has 0 spiro atoms. The lowest BCUT2D eigenvalue weighted by Crippen LogP contribution is -2.32. The van der Waals surface area contributed by atoms with Gasteiger partial charge in [-0.2, -0.15) is 5.10 Å². The normalized spacial score (nSPS) is 16.3. The summed E-state index contributed by atoms with van der Waals surface area (Å²) in [6.07, 6.45) is 3.34. The smallest absolute Gasteiger partial charge is 0.329 e. The molecule has 0 aliphatic carbocycles. The highest BCUT2D eigenvalue weighted by atomic mass is 16.2. The molecular weight excluding hydrogens is 352 g/mol. The zero-order valence-electron chi connectivity index (χ0n) is 16.5. The SMILES string of the molecule is Cc1ccc(NC(=O)C(=O)NN=C/C=C2/N(C)c3ccccc3C2(C)C)cc1. The number of likely N-dealkylation sites (N-methyl/N-ethyl adjacent to an activating group) is 1. The van der Waals surface area contributed by atoms with Crippen molar-refractivity contribution >= 4 is 29.4 Å². The number of carbonyl (C=O) groups is 2. The fourth-order valence-corrected chi connectivity index (χ4v) is 3.38. The number of aryl methyl sites for hydroxylation is 1. The second kappa shape index (κ2) is 7.68. The highest BCUT2D eigenvalue weighted by Crippen LogP contribution is 2.46. The highest BCUT2D eigenvalue weighted by molar-refractivity contribution is 6.39. The van der Waals surface area contributed by atoms with Gasteiger partial charge in [-0.1, -0.05) is 49.7 Å². The minimum Gasteiger partial charge on any atom is -0.347 e. The molecular formula is C22H24N4O2. The summed E-state index contributed by atoms with van der Waals surface area (Å²) in [5.74, 6) is -1.59. The topological polar surface area (TPSA) is 73.8 Å². The molecule has 2 N–H and O–H groups in total. The largest absolute Gasteiger partial charge is 0.347 e. The van der Waals surface area contributed by atoms with Crippen LogP contribution in [0.3, 0.4) is 0 Å². The maximum Gasteiger partial charge on any atom is 0.329 e. The number of fused-ring (bicyclic) bond motifs is 1. The zero-order chi connectivity index (χ0) is 20.3. The molecule has 6 heteroatoms. The number of allylic oxidation sites excluding steroid dienone is 2. The fraction of sp³-hybridized carbons (Fsp3) is 0.227. The molecule has 2 amide bonds. The molecule has 2 aromatic rings. The number of para-hydroxylation sites is 1. The minimum atomic E-state index is -0.822. The summed E-state index contributed by atoms with van der Waals surface area (Å²) < 4.78 is 0. The van der Waals surface area contributed by atoms with Crippen LogP contribution in [0.2, 0.25) is 0 Å². The Morgan fingerprint density at radius 2 is 1.71 bits per heavy atom. The van der Waals surface area contributed by atoms with E-state index in [0.29, 0.717) is 5.69 Å². The van der Waals surface area contributed by atoms with E-state index in [0.717, 1.165) is 16.9 Å². The van der Waals surface area contributed by atoms with Crippen LogP contribution in [-0.2, 0) is 15.0 Å². The lowest BCUT2D eigenvalue weighted by atomic mass is 9.84. The number of hydrazone groups is 1. The molecule has 0 radical (unpaired) electrons. The predicted molar refractivity (Wildman–Crippen MR) is 112 cm³/mol. The minimum absolute atomic E-state index is 0.176. The van der Waals surface area contributed by atoms with Gasteiger partial charge in [-0.15, -0.1) is 0 Å². The Morgan fingerprint density at radius 3 is 2.39 bits per heavy atom. The maximum atomic E-state index is 11.9. The first kappa shape index (κ1) is 19.4. The van der Waals surface area contributed by atoms with E-state index in [1.807, 2.05) is 44.3 Å². The average Bonchev–Trinajstić information content (AvgIpc) is 2.87. The number of benzene rings is 2. The van der Waals surface area contributed by atoms with E-state index in [4.69, 9.17) is 0 Å². The number of nitrogens with zero attached hydrogens (tertiary/aromatic N) is 2. The van der Waals surface area contributed by atoms with Crippen LogP contribution in [0.25, 0.3) is 0 Å². The molecule has 0 saturated carbocycles. The van der Waals surface area contributed by atoms with Gasteiger partial charge < -0.3 is 10.2 Å². The first-order chi connectivity index (χ1) is 13.3. The molecule has 3 rings (SSSR count). The molecule has 1 aliphatic heterocycles.